The van der Waals surface area contributed by atoms with Crippen molar-refractivity contribution in [1.29, 1.82) is 0 Å². The van der Waals surface area contributed by atoms with E-state index in [1.54, 1.807) is 18.2 Å². The molecule has 0 fully saturated rings. The van der Waals surface area contributed by atoms with Crippen molar-refractivity contribution in [2.45, 2.75) is 17.1 Å². The van der Waals surface area contributed by atoms with Crippen molar-refractivity contribution in [1.82, 2.24) is 4.98 Å². The number of hydrogen-bond acceptors (Lipinski definition) is 7. The van der Waals surface area contributed by atoms with Crippen molar-refractivity contribution < 1.29 is 18.7 Å². The number of benzene rings is 3. The van der Waals surface area contributed by atoms with E-state index in [0.29, 0.717) is 17.4 Å². The van der Waals surface area contributed by atoms with Gasteiger partial charge in [-0.2, -0.15) is 0 Å². The van der Waals surface area contributed by atoms with Gasteiger partial charge in [-0.25, -0.2) is 4.98 Å². The highest BCUT2D eigenvalue weighted by molar-refractivity contribution is 8.00. The number of fused-ring (bicyclic) bond motifs is 1. The summed E-state index contributed by atoms with van der Waals surface area (Å²) < 4.78 is 11.7. The Morgan fingerprint density at radius 1 is 1.00 bits per heavy atom. The van der Waals surface area contributed by atoms with E-state index in [1.807, 2.05) is 73.7 Å². The molecule has 0 spiro atoms. The first-order valence-electron chi connectivity index (χ1n) is 11.6. The van der Waals surface area contributed by atoms with Gasteiger partial charge in [0.2, 0.25) is 5.91 Å². The van der Waals surface area contributed by atoms with E-state index < -0.39 is 5.25 Å². The van der Waals surface area contributed by atoms with Crippen LogP contribution in [-0.4, -0.2) is 23.4 Å². The minimum Gasteiger partial charge on any atom is -0.494 e. The third-order valence-electron chi connectivity index (χ3n) is 5.33. The number of thiazole rings is 1. The lowest BCUT2D eigenvalue weighted by Gasteiger charge is -2.16. The van der Waals surface area contributed by atoms with Gasteiger partial charge in [-0.3, -0.25) is 9.59 Å². The van der Waals surface area contributed by atoms with Crippen LogP contribution in [0.25, 0.3) is 10.2 Å². The van der Waals surface area contributed by atoms with E-state index >= 15 is 0 Å². The summed E-state index contributed by atoms with van der Waals surface area (Å²) in [5.41, 5.74) is 2.26. The summed E-state index contributed by atoms with van der Waals surface area (Å²) in [7, 11) is 0. The van der Waals surface area contributed by atoms with Gasteiger partial charge in [0.25, 0.3) is 5.91 Å². The predicted octanol–water partition coefficient (Wildman–Crippen LogP) is 7.01. The molecule has 0 aliphatic rings. The van der Waals surface area contributed by atoms with Crippen molar-refractivity contribution in [2.24, 2.45) is 0 Å². The highest BCUT2D eigenvalue weighted by Crippen LogP contribution is 2.38. The van der Waals surface area contributed by atoms with Crippen molar-refractivity contribution in [3.05, 3.63) is 103 Å². The van der Waals surface area contributed by atoms with Crippen LogP contribution in [0.5, 0.6) is 5.75 Å². The Labute approximate surface area is 221 Å². The van der Waals surface area contributed by atoms with Crippen molar-refractivity contribution in [2.75, 3.05) is 17.2 Å². The number of ether oxygens (including phenoxy) is 1. The van der Waals surface area contributed by atoms with Crippen LogP contribution in [0.15, 0.2) is 101 Å². The van der Waals surface area contributed by atoms with Crippen LogP contribution in [0.4, 0.5) is 10.8 Å². The molecule has 2 amide bonds. The smallest absolute Gasteiger partial charge is 0.291 e. The molecule has 5 rings (SSSR count). The molecule has 3 aromatic carbocycles. The number of carbonyl (C=O) groups is 2. The molecule has 1 unspecified atom stereocenters. The molecule has 5 aromatic rings. The number of rotatable bonds is 9. The summed E-state index contributed by atoms with van der Waals surface area (Å²) in [6.45, 7) is 2.52. The monoisotopic (exact) mass is 529 g/mol. The number of hydrogen-bond donors (Lipinski definition) is 2. The molecular weight excluding hydrogens is 506 g/mol. The highest BCUT2D eigenvalue weighted by Gasteiger charge is 2.23. The molecule has 2 heterocycles. The molecule has 0 aliphatic carbocycles. The topological polar surface area (TPSA) is 93.5 Å². The van der Waals surface area contributed by atoms with Gasteiger partial charge < -0.3 is 19.8 Å². The number of amides is 2. The molecular formula is C28H23N3O4S2. The molecule has 7 nitrogen and oxygen atoms in total. The third-order valence-corrected chi connectivity index (χ3v) is 7.51. The molecule has 0 saturated carbocycles. The number of nitrogens with one attached hydrogen (secondary N) is 2. The predicted molar refractivity (Wildman–Crippen MR) is 148 cm³/mol. The van der Waals surface area contributed by atoms with Crippen LogP contribution >= 0.6 is 23.1 Å². The lowest BCUT2D eigenvalue weighted by atomic mass is 10.1. The summed E-state index contributed by atoms with van der Waals surface area (Å²) in [4.78, 5) is 31.3. The van der Waals surface area contributed by atoms with Crippen LogP contribution in [0.2, 0.25) is 0 Å². The largest absolute Gasteiger partial charge is 0.494 e. The molecule has 186 valence electrons. The molecule has 2 aromatic heterocycles. The van der Waals surface area contributed by atoms with Crippen LogP contribution in [0, 0.1) is 0 Å². The standard InChI is InChI=1S/C28H23N3O4S2/c1-2-34-20-13-14-22-24(17-20)37-28(30-22)31-27(33)25(18-8-4-3-5-9-18)36-21-11-6-10-19(16-21)29-26(32)23-12-7-15-35-23/h3-17,25H,2H2,1H3,(H,29,32)(H,30,31,33). The molecule has 0 aliphatic heterocycles. The zero-order valence-electron chi connectivity index (χ0n) is 19.8. The second-order valence-electron chi connectivity index (χ2n) is 7.94. The number of aromatic nitrogens is 1. The second-order valence-corrected chi connectivity index (χ2v) is 10.1. The average molecular weight is 530 g/mol. The molecule has 0 radical (unpaired) electrons. The fourth-order valence-electron chi connectivity index (χ4n) is 3.67. The maximum Gasteiger partial charge on any atom is 0.291 e. The summed E-state index contributed by atoms with van der Waals surface area (Å²) in [5.74, 6) is 0.468. The second kappa shape index (κ2) is 11.3. The Morgan fingerprint density at radius 3 is 2.65 bits per heavy atom. The normalized spacial score (nSPS) is 11.7. The minimum atomic E-state index is -0.539. The summed E-state index contributed by atoms with van der Waals surface area (Å²) in [6.07, 6.45) is 1.45. The van der Waals surface area contributed by atoms with Gasteiger partial charge in [0.1, 0.15) is 11.0 Å². The number of anilines is 2. The van der Waals surface area contributed by atoms with Gasteiger partial charge in [0, 0.05) is 10.6 Å². The summed E-state index contributed by atoms with van der Waals surface area (Å²) >= 11 is 2.80. The zero-order valence-corrected chi connectivity index (χ0v) is 21.5. The lowest BCUT2D eigenvalue weighted by molar-refractivity contribution is -0.115. The fraction of sp³-hybridized carbons (Fsp3) is 0.107. The van der Waals surface area contributed by atoms with E-state index in [0.717, 1.165) is 26.4 Å². The van der Waals surface area contributed by atoms with Crippen molar-refractivity contribution >= 4 is 55.9 Å². The maximum absolute atomic E-state index is 13.5. The SMILES string of the molecule is CCOc1ccc2nc(NC(=O)C(Sc3cccc(NC(=O)c4ccco4)c3)c3ccccc3)sc2c1. The first-order chi connectivity index (χ1) is 18.1. The molecule has 37 heavy (non-hydrogen) atoms. The van der Waals surface area contributed by atoms with E-state index in [-0.39, 0.29) is 17.6 Å². The molecule has 0 bridgehead atoms. The summed E-state index contributed by atoms with van der Waals surface area (Å²) in [6, 6.07) is 25.9. The van der Waals surface area contributed by atoms with Crippen LogP contribution in [0.3, 0.4) is 0 Å². The van der Waals surface area contributed by atoms with Gasteiger partial charge >= 0.3 is 0 Å². The van der Waals surface area contributed by atoms with Gasteiger partial charge in [0.05, 0.1) is 23.1 Å². The van der Waals surface area contributed by atoms with Gasteiger partial charge in [-0.1, -0.05) is 47.7 Å². The quantitative estimate of drug-likeness (QED) is 0.200. The minimum absolute atomic E-state index is 0.190. The maximum atomic E-state index is 13.5. The Morgan fingerprint density at radius 2 is 1.86 bits per heavy atom. The van der Waals surface area contributed by atoms with E-state index in [9.17, 15) is 9.59 Å². The first-order valence-corrected chi connectivity index (χ1v) is 13.3. The van der Waals surface area contributed by atoms with E-state index in [2.05, 4.69) is 15.6 Å². The zero-order chi connectivity index (χ0) is 25.6. The molecule has 2 N–H and O–H groups in total. The third kappa shape index (κ3) is 6.02. The van der Waals surface area contributed by atoms with Crippen LogP contribution in [-0.2, 0) is 4.79 Å². The average Bonchev–Trinajstić information content (AvgIpc) is 3.58. The van der Waals surface area contributed by atoms with Crippen LogP contribution < -0.4 is 15.4 Å². The number of thioether (sulfide) groups is 1. The molecule has 0 saturated heterocycles. The number of carbonyl (C=O) groups excluding carboxylic acids is 2. The van der Waals surface area contributed by atoms with E-state index in [4.69, 9.17) is 9.15 Å². The Bertz CT molecular complexity index is 1520. The van der Waals surface area contributed by atoms with Gasteiger partial charge in [-0.05, 0) is 61.0 Å². The summed E-state index contributed by atoms with van der Waals surface area (Å²) in [5, 5.41) is 5.81. The Balaban J connectivity index is 1.36. The first kappa shape index (κ1) is 24.6. The van der Waals surface area contributed by atoms with E-state index in [1.165, 1.54) is 29.4 Å². The highest BCUT2D eigenvalue weighted by atomic mass is 32.2. The van der Waals surface area contributed by atoms with Crippen molar-refractivity contribution in [3.63, 3.8) is 0 Å². The number of nitrogens with zero attached hydrogens (tertiary/aromatic N) is 1. The van der Waals surface area contributed by atoms with Crippen molar-refractivity contribution in [3.8, 4) is 5.75 Å². The Kier molecular flexibility index (Phi) is 7.53. The fourth-order valence-corrected chi connectivity index (χ4v) is 5.65. The Hall–Kier alpha value is -4.08. The lowest BCUT2D eigenvalue weighted by Crippen LogP contribution is -2.19. The molecule has 1 atom stereocenters. The molecule has 9 heteroatoms. The van der Waals surface area contributed by atoms with Gasteiger partial charge in [-0.15, -0.1) is 11.8 Å². The van der Waals surface area contributed by atoms with Crippen LogP contribution in [0.1, 0.15) is 28.3 Å². The number of furan rings is 1. The van der Waals surface area contributed by atoms with Gasteiger partial charge in [0.15, 0.2) is 10.9 Å².